The average Bonchev–Trinajstić information content (AvgIpc) is 3.63. The lowest BCUT2D eigenvalue weighted by molar-refractivity contribution is -0.670. The highest BCUT2D eigenvalue weighted by Gasteiger charge is 2.31. The van der Waals surface area contributed by atoms with Crippen LogP contribution < -0.4 is 23.8 Å². The van der Waals surface area contributed by atoms with Crippen LogP contribution in [0.2, 0.25) is 5.02 Å². The van der Waals surface area contributed by atoms with Gasteiger partial charge in [0.2, 0.25) is 0 Å². The van der Waals surface area contributed by atoms with E-state index in [1.165, 1.54) is 32.9 Å². The Labute approximate surface area is 310 Å². The molecular formula is C45H42ClN4O2+. The van der Waals surface area contributed by atoms with Gasteiger partial charge in [-0.05, 0) is 102 Å². The van der Waals surface area contributed by atoms with Crippen molar-refractivity contribution >= 4 is 61.6 Å². The fourth-order valence-corrected chi connectivity index (χ4v) is 7.55. The van der Waals surface area contributed by atoms with Gasteiger partial charge in [-0.1, -0.05) is 78.3 Å². The minimum absolute atomic E-state index is 0.530. The van der Waals surface area contributed by atoms with Crippen LogP contribution in [0.4, 0.5) is 11.4 Å². The van der Waals surface area contributed by atoms with Gasteiger partial charge in [-0.3, -0.25) is 0 Å². The Hall–Kier alpha value is -5.72. The minimum atomic E-state index is 0.530. The predicted octanol–water partition coefficient (Wildman–Crippen LogP) is 10.3. The Morgan fingerprint density at radius 1 is 0.635 bits per heavy atom. The highest BCUT2D eigenvalue weighted by atomic mass is 35.5. The molecule has 52 heavy (non-hydrogen) atoms. The number of rotatable bonds is 12. The van der Waals surface area contributed by atoms with Crippen LogP contribution in [0.1, 0.15) is 19.7 Å². The molecule has 8 rings (SSSR count). The van der Waals surface area contributed by atoms with Crippen LogP contribution in [0.25, 0.3) is 38.7 Å². The van der Waals surface area contributed by atoms with Gasteiger partial charge in [-0.2, -0.15) is 0 Å². The first-order valence-electron chi connectivity index (χ1n) is 18.1. The Balaban J connectivity index is 1.17. The molecule has 2 heterocycles. The summed E-state index contributed by atoms with van der Waals surface area (Å²) in [5.41, 5.74) is 4.61. The van der Waals surface area contributed by atoms with Crippen LogP contribution in [-0.2, 0) is 13.1 Å². The highest BCUT2D eigenvalue weighted by Crippen LogP contribution is 2.44. The maximum atomic E-state index is 6.56. The van der Waals surface area contributed by atoms with Crippen molar-refractivity contribution in [3.63, 3.8) is 0 Å². The molecule has 1 aromatic heterocycles. The molecule has 260 valence electrons. The lowest BCUT2D eigenvalue weighted by atomic mass is 10.0. The van der Waals surface area contributed by atoms with E-state index in [1.54, 1.807) is 0 Å². The number of hydrogen-bond donors (Lipinski definition) is 0. The second kappa shape index (κ2) is 14.9. The van der Waals surface area contributed by atoms with E-state index in [0.717, 1.165) is 47.3 Å². The summed E-state index contributed by atoms with van der Waals surface area (Å²) >= 11 is 6.56. The molecule has 0 bridgehead atoms. The third-order valence-electron chi connectivity index (χ3n) is 9.78. The Kier molecular flexibility index (Phi) is 9.56. The van der Waals surface area contributed by atoms with Crippen molar-refractivity contribution in [2.24, 2.45) is 0 Å². The SMILES string of the molecule is CCN1C(=CC=Cc2n(CCOc3ccccc3)c3cc(Cl)ccc3[n+]2CC)N(CCOc2ccccc2)c2cc3cc4ccccc4cc3cc21. The predicted molar refractivity (Wildman–Crippen MR) is 216 cm³/mol. The standard InChI is InChI=1S/C45H42ClN4O2/c1-3-47-40-23-22-37(46)32-43(40)50(25-27-52-39-18-9-6-10-19-39)44(47)20-13-21-45-48(4-2)41-30-35-28-33-14-11-12-15-34(33)29-36(35)31-42(41)49(45)24-26-51-38-16-7-5-8-17-38/h5-23,28-32H,3-4,24-27H2,1-2H3/q+1. The van der Waals surface area contributed by atoms with E-state index in [0.29, 0.717) is 31.3 Å². The number of hydrogen-bond acceptors (Lipinski definition) is 4. The van der Waals surface area contributed by atoms with Gasteiger partial charge in [0.25, 0.3) is 5.82 Å². The van der Waals surface area contributed by atoms with E-state index in [2.05, 4.69) is 112 Å². The topological polar surface area (TPSA) is 33.8 Å². The molecule has 7 heteroatoms. The number of halogens is 1. The van der Waals surface area contributed by atoms with Crippen molar-refractivity contribution in [3.05, 3.63) is 156 Å². The Morgan fingerprint density at radius 3 is 1.85 bits per heavy atom. The molecule has 0 saturated heterocycles. The number of allylic oxidation sites excluding steroid dienone is 2. The number of para-hydroxylation sites is 2. The van der Waals surface area contributed by atoms with Crippen molar-refractivity contribution in [2.75, 3.05) is 36.1 Å². The normalized spacial score (nSPS) is 13.6. The summed E-state index contributed by atoms with van der Waals surface area (Å²) < 4.78 is 17.0. The van der Waals surface area contributed by atoms with Gasteiger partial charge in [0, 0.05) is 23.7 Å². The molecule has 0 spiro atoms. The minimum Gasteiger partial charge on any atom is -0.492 e. The Bertz CT molecular complexity index is 2420. The van der Waals surface area contributed by atoms with Gasteiger partial charge < -0.3 is 19.3 Å². The number of benzene rings is 6. The summed E-state index contributed by atoms with van der Waals surface area (Å²) in [5.74, 6) is 3.94. The molecule has 0 N–H and O–H groups in total. The first kappa shape index (κ1) is 33.4. The first-order chi connectivity index (χ1) is 25.6. The van der Waals surface area contributed by atoms with Gasteiger partial charge >= 0.3 is 0 Å². The lowest BCUT2D eigenvalue weighted by Crippen LogP contribution is -2.35. The van der Waals surface area contributed by atoms with Crippen LogP contribution in [0.15, 0.2) is 145 Å². The van der Waals surface area contributed by atoms with Crippen LogP contribution in [0, 0.1) is 0 Å². The molecule has 0 radical (unpaired) electrons. The number of anilines is 2. The summed E-state index contributed by atoms with van der Waals surface area (Å²) in [7, 11) is 0. The summed E-state index contributed by atoms with van der Waals surface area (Å²) in [5, 5.41) is 5.67. The third-order valence-corrected chi connectivity index (χ3v) is 10.0. The third kappa shape index (κ3) is 6.58. The first-order valence-corrected chi connectivity index (χ1v) is 18.5. The molecule has 1 aliphatic rings. The fraction of sp³-hybridized carbons (Fsp3) is 0.178. The number of imidazole rings is 1. The van der Waals surface area contributed by atoms with Crippen LogP contribution >= 0.6 is 11.6 Å². The average molecular weight is 706 g/mol. The van der Waals surface area contributed by atoms with Crippen LogP contribution in [-0.4, -0.2) is 30.9 Å². The zero-order chi connectivity index (χ0) is 35.4. The molecule has 0 unspecified atom stereocenters. The molecule has 0 amide bonds. The van der Waals surface area contributed by atoms with E-state index < -0.39 is 0 Å². The maximum Gasteiger partial charge on any atom is 0.282 e. The number of fused-ring (bicyclic) bond motifs is 4. The molecular weight excluding hydrogens is 664 g/mol. The monoisotopic (exact) mass is 705 g/mol. The zero-order valence-corrected chi connectivity index (χ0v) is 30.3. The van der Waals surface area contributed by atoms with Crippen molar-refractivity contribution in [3.8, 4) is 11.5 Å². The zero-order valence-electron chi connectivity index (χ0n) is 29.6. The second-order valence-electron chi connectivity index (χ2n) is 12.9. The lowest BCUT2D eigenvalue weighted by Gasteiger charge is -2.24. The van der Waals surface area contributed by atoms with E-state index >= 15 is 0 Å². The van der Waals surface area contributed by atoms with E-state index in [-0.39, 0.29) is 0 Å². The summed E-state index contributed by atoms with van der Waals surface area (Å²) in [6, 6.07) is 44.0. The highest BCUT2D eigenvalue weighted by molar-refractivity contribution is 6.31. The van der Waals surface area contributed by atoms with Gasteiger partial charge in [0.05, 0.1) is 24.5 Å². The molecule has 7 aromatic rings. The molecule has 6 nitrogen and oxygen atoms in total. The van der Waals surface area contributed by atoms with Gasteiger partial charge in [0.15, 0.2) is 11.0 Å². The van der Waals surface area contributed by atoms with Crippen molar-refractivity contribution in [2.45, 2.75) is 26.9 Å². The largest absolute Gasteiger partial charge is 0.492 e. The van der Waals surface area contributed by atoms with Crippen LogP contribution in [0.3, 0.4) is 0 Å². The summed E-state index contributed by atoms with van der Waals surface area (Å²) in [6.45, 7) is 8.49. The van der Waals surface area contributed by atoms with Gasteiger partial charge in [-0.15, -0.1) is 0 Å². The van der Waals surface area contributed by atoms with Gasteiger partial charge in [0.1, 0.15) is 37.1 Å². The number of nitrogens with zero attached hydrogens (tertiary/aromatic N) is 4. The molecule has 0 aliphatic carbocycles. The van der Waals surface area contributed by atoms with E-state index in [9.17, 15) is 0 Å². The number of ether oxygens (including phenoxy) is 2. The molecule has 0 atom stereocenters. The fourth-order valence-electron chi connectivity index (χ4n) is 7.38. The smallest absolute Gasteiger partial charge is 0.282 e. The molecule has 0 saturated carbocycles. The number of aromatic nitrogens is 2. The molecule has 6 aromatic carbocycles. The summed E-state index contributed by atoms with van der Waals surface area (Å²) in [6.07, 6.45) is 6.63. The number of aryl methyl sites for hydroxylation is 1. The van der Waals surface area contributed by atoms with Crippen LogP contribution in [0.5, 0.6) is 11.5 Å². The summed E-state index contributed by atoms with van der Waals surface area (Å²) in [4.78, 5) is 4.81. The molecule has 1 aliphatic heterocycles. The molecule has 0 fully saturated rings. The second-order valence-corrected chi connectivity index (χ2v) is 13.3. The van der Waals surface area contributed by atoms with Crippen molar-refractivity contribution < 1.29 is 14.0 Å². The van der Waals surface area contributed by atoms with E-state index in [1.807, 2.05) is 66.7 Å². The quantitative estimate of drug-likeness (QED) is 0.0936. The Morgan fingerprint density at radius 2 is 1.23 bits per heavy atom. The van der Waals surface area contributed by atoms with Gasteiger partial charge in [-0.25, -0.2) is 9.13 Å². The van der Waals surface area contributed by atoms with E-state index in [4.69, 9.17) is 21.1 Å². The van der Waals surface area contributed by atoms with Crippen molar-refractivity contribution in [1.82, 2.24) is 4.57 Å². The maximum absolute atomic E-state index is 6.56. The van der Waals surface area contributed by atoms with Crippen molar-refractivity contribution in [1.29, 1.82) is 0 Å².